The van der Waals surface area contributed by atoms with Crippen LogP contribution in [0.5, 0.6) is 0 Å². The summed E-state index contributed by atoms with van der Waals surface area (Å²) in [5.74, 6) is -1.93. The van der Waals surface area contributed by atoms with E-state index in [1.807, 2.05) is 18.2 Å². The maximum atomic E-state index is 11.4. The highest BCUT2D eigenvalue weighted by Crippen LogP contribution is 2.20. The third-order valence-corrected chi connectivity index (χ3v) is 2.77. The Morgan fingerprint density at radius 1 is 1.50 bits per heavy atom. The minimum absolute atomic E-state index is 0.172. The predicted octanol–water partition coefficient (Wildman–Crippen LogP) is 1.27. The Bertz CT molecular complexity index is 344. The standard InChI is InChI=1S/C12H17NO3/c1-8(14)10(11(13)12(15)16)7-9-5-3-2-4-6-9/h3,5-6,10-11H,2,4,7,13H2,1H3,(H,15,16)/t10-,11-/m0/s1. The van der Waals surface area contributed by atoms with Gasteiger partial charge in [0.25, 0.3) is 0 Å². The second-order valence-corrected chi connectivity index (χ2v) is 4.04. The summed E-state index contributed by atoms with van der Waals surface area (Å²) in [7, 11) is 0. The van der Waals surface area contributed by atoms with Crippen LogP contribution in [0.1, 0.15) is 26.2 Å². The van der Waals surface area contributed by atoms with Crippen molar-refractivity contribution in [3.63, 3.8) is 0 Å². The van der Waals surface area contributed by atoms with E-state index < -0.39 is 17.9 Å². The van der Waals surface area contributed by atoms with Gasteiger partial charge < -0.3 is 10.8 Å². The lowest BCUT2D eigenvalue weighted by atomic mass is 9.87. The van der Waals surface area contributed by atoms with Gasteiger partial charge in [-0.1, -0.05) is 23.8 Å². The highest BCUT2D eigenvalue weighted by atomic mass is 16.4. The van der Waals surface area contributed by atoms with Crippen LogP contribution in [-0.4, -0.2) is 22.9 Å². The van der Waals surface area contributed by atoms with E-state index >= 15 is 0 Å². The van der Waals surface area contributed by atoms with Gasteiger partial charge in [0.2, 0.25) is 0 Å². The van der Waals surface area contributed by atoms with Crippen LogP contribution in [0.15, 0.2) is 23.8 Å². The molecule has 1 aliphatic carbocycles. The first-order chi connectivity index (χ1) is 7.52. The number of rotatable bonds is 5. The van der Waals surface area contributed by atoms with E-state index in [1.54, 1.807) is 0 Å². The summed E-state index contributed by atoms with van der Waals surface area (Å²) in [5.41, 5.74) is 6.51. The van der Waals surface area contributed by atoms with Crippen LogP contribution >= 0.6 is 0 Å². The van der Waals surface area contributed by atoms with Gasteiger partial charge in [-0.15, -0.1) is 0 Å². The van der Waals surface area contributed by atoms with E-state index in [1.165, 1.54) is 6.92 Å². The van der Waals surface area contributed by atoms with Crippen LogP contribution in [0.4, 0.5) is 0 Å². The van der Waals surface area contributed by atoms with E-state index in [0.717, 1.165) is 18.4 Å². The van der Waals surface area contributed by atoms with E-state index in [9.17, 15) is 9.59 Å². The fourth-order valence-electron chi connectivity index (χ4n) is 1.77. The molecule has 0 radical (unpaired) electrons. The number of carbonyl (C=O) groups excluding carboxylic acids is 1. The number of Topliss-reactive ketones (excluding diaryl/α,β-unsaturated/α-hetero) is 1. The number of carboxylic acids is 1. The molecule has 4 heteroatoms. The Labute approximate surface area is 94.8 Å². The monoisotopic (exact) mass is 223 g/mol. The molecular formula is C12H17NO3. The molecule has 0 saturated carbocycles. The van der Waals surface area contributed by atoms with Gasteiger partial charge >= 0.3 is 5.97 Å². The predicted molar refractivity (Wildman–Crippen MR) is 60.9 cm³/mol. The van der Waals surface area contributed by atoms with Crippen molar-refractivity contribution in [2.45, 2.75) is 32.2 Å². The van der Waals surface area contributed by atoms with Gasteiger partial charge in [0.15, 0.2) is 0 Å². The quantitative estimate of drug-likeness (QED) is 0.735. The first-order valence-corrected chi connectivity index (χ1v) is 5.36. The normalized spacial score (nSPS) is 18.8. The van der Waals surface area contributed by atoms with E-state index in [-0.39, 0.29) is 5.78 Å². The molecule has 0 unspecified atom stereocenters. The molecule has 16 heavy (non-hydrogen) atoms. The fraction of sp³-hybridized carbons (Fsp3) is 0.500. The van der Waals surface area contributed by atoms with Crippen LogP contribution < -0.4 is 5.73 Å². The third kappa shape index (κ3) is 3.31. The molecule has 0 bridgehead atoms. The molecule has 0 amide bonds. The van der Waals surface area contributed by atoms with Crippen molar-refractivity contribution in [2.24, 2.45) is 11.7 Å². The van der Waals surface area contributed by atoms with Crippen LogP contribution in [-0.2, 0) is 9.59 Å². The topological polar surface area (TPSA) is 80.4 Å². The van der Waals surface area contributed by atoms with Gasteiger partial charge in [-0.2, -0.15) is 0 Å². The Balaban J connectivity index is 2.72. The lowest BCUT2D eigenvalue weighted by Crippen LogP contribution is -2.41. The Kier molecular flexibility index (Phi) is 4.43. The maximum Gasteiger partial charge on any atom is 0.321 e. The minimum Gasteiger partial charge on any atom is -0.480 e. The second-order valence-electron chi connectivity index (χ2n) is 4.04. The minimum atomic E-state index is -1.12. The average molecular weight is 223 g/mol. The highest BCUT2D eigenvalue weighted by Gasteiger charge is 2.28. The molecular weight excluding hydrogens is 206 g/mol. The van der Waals surface area contributed by atoms with Gasteiger partial charge in [0, 0.05) is 5.92 Å². The van der Waals surface area contributed by atoms with Crippen molar-refractivity contribution in [3.05, 3.63) is 23.8 Å². The molecule has 1 aliphatic rings. The molecule has 0 heterocycles. The zero-order valence-corrected chi connectivity index (χ0v) is 9.35. The first kappa shape index (κ1) is 12.6. The largest absolute Gasteiger partial charge is 0.480 e. The smallest absolute Gasteiger partial charge is 0.321 e. The maximum absolute atomic E-state index is 11.4. The molecule has 4 nitrogen and oxygen atoms in total. The number of carbonyl (C=O) groups is 2. The van der Waals surface area contributed by atoms with Crippen molar-refractivity contribution in [1.29, 1.82) is 0 Å². The molecule has 0 fully saturated rings. The Morgan fingerprint density at radius 2 is 2.19 bits per heavy atom. The van der Waals surface area contributed by atoms with Crippen molar-refractivity contribution >= 4 is 11.8 Å². The molecule has 1 rings (SSSR count). The number of carboxylic acid groups (broad SMARTS) is 1. The van der Waals surface area contributed by atoms with Crippen LogP contribution in [0.25, 0.3) is 0 Å². The van der Waals surface area contributed by atoms with Gasteiger partial charge in [-0.05, 0) is 26.2 Å². The summed E-state index contributed by atoms with van der Waals surface area (Å²) >= 11 is 0. The second kappa shape index (κ2) is 5.61. The molecule has 88 valence electrons. The number of allylic oxidation sites excluding steroid dienone is 4. The molecule has 0 aromatic heterocycles. The van der Waals surface area contributed by atoms with Crippen LogP contribution in [0, 0.1) is 5.92 Å². The lowest BCUT2D eigenvalue weighted by Gasteiger charge is -2.19. The van der Waals surface area contributed by atoms with E-state index in [2.05, 4.69) is 0 Å². The number of hydrogen-bond donors (Lipinski definition) is 2. The SMILES string of the molecule is CC(=O)[C@H](CC1=CCCC=C1)[C@H](N)C(=O)O. The number of ketones is 1. The summed E-state index contributed by atoms with van der Waals surface area (Å²) in [6.07, 6.45) is 8.36. The highest BCUT2D eigenvalue weighted by molar-refractivity contribution is 5.86. The molecule has 0 saturated heterocycles. The fourth-order valence-corrected chi connectivity index (χ4v) is 1.77. The van der Waals surface area contributed by atoms with Crippen molar-refractivity contribution in [2.75, 3.05) is 0 Å². The van der Waals surface area contributed by atoms with Gasteiger partial charge in [0.05, 0.1) is 0 Å². The average Bonchev–Trinajstić information content (AvgIpc) is 2.26. The zero-order valence-electron chi connectivity index (χ0n) is 9.35. The Morgan fingerprint density at radius 3 is 2.62 bits per heavy atom. The Hall–Kier alpha value is -1.42. The summed E-state index contributed by atoms with van der Waals surface area (Å²) < 4.78 is 0. The first-order valence-electron chi connectivity index (χ1n) is 5.36. The van der Waals surface area contributed by atoms with Crippen LogP contribution in [0.3, 0.4) is 0 Å². The van der Waals surface area contributed by atoms with Crippen molar-refractivity contribution in [1.82, 2.24) is 0 Å². The van der Waals surface area contributed by atoms with Crippen LogP contribution in [0.2, 0.25) is 0 Å². The van der Waals surface area contributed by atoms with Gasteiger partial charge in [-0.25, -0.2) is 0 Å². The molecule has 3 N–H and O–H groups in total. The van der Waals surface area contributed by atoms with E-state index in [4.69, 9.17) is 10.8 Å². The summed E-state index contributed by atoms with van der Waals surface area (Å²) in [6.45, 7) is 1.39. The molecule has 0 aromatic rings. The summed E-state index contributed by atoms with van der Waals surface area (Å²) in [4.78, 5) is 22.1. The molecule has 0 spiro atoms. The van der Waals surface area contributed by atoms with E-state index in [0.29, 0.717) is 6.42 Å². The summed E-state index contributed by atoms with van der Waals surface area (Å²) in [6, 6.07) is -1.12. The lowest BCUT2D eigenvalue weighted by molar-refractivity contribution is -0.142. The number of aliphatic carboxylic acids is 1. The molecule has 2 atom stereocenters. The van der Waals surface area contributed by atoms with Gasteiger partial charge in [-0.3, -0.25) is 9.59 Å². The van der Waals surface area contributed by atoms with Crippen molar-refractivity contribution in [3.8, 4) is 0 Å². The molecule has 0 aromatic carbocycles. The number of nitrogens with two attached hydrogens (primary N) is 1. The van der Waals surface area contributed by atoms with Gasteiger partial charge in [0.1, 0.15) is 11.8 Å². The molecule has 0 aliphatic heterocycles. The number of hydrogen-bond acceptors (Lipinski definition) is 3. The summed E-state index contributed by atoms with van der Waals surface area (Å²) in [5, 5.41) is 8.82. The van der Waals surface area contributed by atoms with Crippen molar-refractivity contribution < 1.29 is 14.7 Å². The third-order valence-electron chi connectivity index (χ3n) is 2.77. The zero-order chi connectivity index (χ0) is 12.1.